The molecule has 1 rings (SSSR count). The second-order valence-electron chi connectivity index (χ2n) is 3.69. The van der Waals surface area contributed by atoms with Crippen molar-refractivity contribution in [2.75, 3.05) is 0 Å². The van der Waals surface area contributed by atoms with Crippen LogP contribution in [-0.4, -0.2) is 11.9 Å². The number of nitrogens with one attached hydrogen (secondary N) is 1. The molecule has 1 unspecified atom stereocenters. The number of hydrogen-bond donors (Lipinski definition) is 2. The van der Waals surface area contributed by atoms with Gasteiger partial charge in [0.2, 0.25) is 5.91 Å². The van der Waals surface area contributed by atoms with Crippen LogP contribution in [0.2, 0.25) is 0 Å². The normalized spacial score (nSPS) is 14.7. The van der Waals surface area contributed by atoms with Gasteiger partial charge in [-0.25, -0.2) is 0 Å². The summed E-state index contributed by atoms with van der Waals surface area (Å²) in [6, 6.07) is 3.16. The summed E-state index contributed by atoms with van der Waals surface area (Å²) in [5, 5.41) is 2.80. The van der Waals surface area contributed by atoms with E-state index in [1.807, 2.05) is 32.9 Å². The number of carbonyl (C=O) groups is 1. The molecule has 1 amide bonds. The second kappa shape index (κ2) is 4.98. The largest absolute Gasteiger partial charge is 0.464 e. The molecule has 4 heteroatoms. The number of amides is 1. The van der Waals surface area contributed by atoms with Crippen molar-refractivity contribution in [2.45, 2.75) is 39.3 Å². The van der Waals surface area contributed by atoms with Gasteiger partial charge >= 0.3 is 0 Å². The van der Waals surface area contributed by atoms with Crippen molar-refractivity contribution < 1.29 is 9.21 Å². The van der Waals surface area contributed by atoms with Crippen molar-refractivity contribution in [1.29, 1.82) is 0 Å². The first kappa shape index (κ1) is 11.8. The molecule has 1 aromatic heterocycles. The Balaban J connectivity index is 2.56. The molecule has 1 aromatic rings. The van der Waals surface area contributed by atoms with E-state index in [2.05, 4.69) is 5.32 Å². The highest BCUT2D eigenvalue weighted by Gasteiger charge is 2.16. The number of carbonyl (C=O) groups excluding carboxylic acids is 1. The Labute approximate surface area is 89.8 Å². The predicted octanol–water partition coefficient (Wildman–Crippen LogP) is 1.50. The van der Waals surface area contributed by atoms with Crippen molar-refractivity contribution in [1.82, 2.24) is 5.32 Å². The Morgan fingerprint density at radius 3 is 2.73 bits per heavy atom. The summed E-state index contributed by atoms with van der Waals surface area (Å²) in [6.07, 6.45) is 0.635. The van der Waals surface area contributed by atoms with Crippen LogP contribution in [0, 0.1) is 6.92 Å². The minimum atomic E-state index is -0.441. The van der Waals surface area contributed by atoms with Crippen LogP contribution >= 0.6 is 0 Å². The Kier molecular flexibility index (Phi) is 3.91. The molecule has 0 spiro atoms. The van der Waals surface area contributed by atoms with Gasteiger partial charge in [0.05, 0.1) is 12.1 Å². The SMILES string of the molecule is CC[C@@H](N)C(=O)NC(C)c1ccc(C)o1. The monoisotopic (exact) mass is 210 g/mol. The van der Waals surface area contributed by atoms with Crippen LogP contribution in [0.4, 0.5) is 0 Å². The van der Waals surface area contributed by atoms with Gasteiger partial charge in [0.1, 0.15) is 11.5 Å². The van der Waals surface area contributed by atoms with Gasteiger partial charge in [0.25, 0.3) is 0 Å². The zero-order chi connectivity index (χ0) is 11.4. The molecule has 0 aliphatic carbocycles. The molecule has 0 aliphatic rings. The van der Waals surface area contributed by atoms with Gasteiger partial charge in [0.15, 0.2) is 0 Å². The van der Waals surface area contributed by atoms with E-state index in [0.29, 0.717) is 6.42 Å². The van der Waals surface area contributed by atoms with Crippen LogP contribution in [-0.2, 0) is 4.79 Å². The summed E-state index contributed by atoms with van der Waals surface area (Å²) in [4.78, 5) is 11.5. The molecule has 0 aliphatic heterocycles. The lowest BCUT2D eigenvalue weighted by Crippen LogP contribution is -2.41. The molecule has 0 fully saturated rings. The Bertz CT molecular complexity index is 333. The fourth-order valence-corrected chi connectivity index (χ4v) is 1.26. The first-order chi connectivity index (χ1) is 7.04. The maximum absolute atomic E-state index is 11.5. The van der Waals surface area contributed by atoms with Crippen LogP contribution in [0.15, 0.2) is 16.5 Å². The zero-order valence-electron chi connectivity index (χ0n) is 9.41. The van der Waals surface area contributed by atoms with Crippen molar-refractivity contribution in [3.63, 3.8) is 0 Å². The van der Waals surface area contributed by atoms with Gasteiger partial charge in [-0.1, -0.05) is 6.92 Å². The average molecular weight is 210 g/mol. The Morgan fingerprint density at radius 2 is 2.27 bits per heavy atom. The molecular weight excluding hydrogens is 192 g/mol. The standard InChI is InChI=1S/C11H18N2O2/c1-4-9(12)11(14)13-8(3)10-6-5-7(2)15-10/h5-6,8-9H,4,12H2,1-3H3,(H,13,14)/t8?,9-/m1/s1. The number of nitrogens with two attached hydrogens (primary N) is 1. The van der Waals surface area contributed by atoms with Crippen LogP contribution in [0.5, 0.6) is 0 Å². The van der Waals surface area contributed by atoms with Gasteiger partial charge in [-0.3, -0.25) is 4.79 Å². The fourth-order valence-electron chi connectivity index (χ4n) is 1.26. The summed E-state index contributed by atoms with van der Waals surface area (Å²) in [7, 11) is 0. The molecule has 0 bridgehead atoms. The molecule has 0 saturated carbocycles. The van der Waals surface area contributed by atoms with Crippen LogP contribution < -0.4 is 11.1 Å². The lowest BCUT2D eigenvalue weighted by Gasteiger charge is -2.14. The number of rotatable bonds is 4. The molecule has 0 aromatic carbocycles. The van der Waals surface area contributed by atoms with E-state index in [0.717, 1.165) is 11.5 Å². The molecule has 15 heavy (non-hydrogen) atoms. The van der Waals surface area contributed by atoms with Gasteiger partial charge in [0, 0.05) is 0 Å². The van der Waals surface area contributed by atoms with Crippen molar-refractivity contribution in [3.05, 3.63) is 23.7 Å². The summed E-state index contributed by atoms with van der Waals surface area (Å²) in [5.74, 6) is 1.45. The molecular formula is C11H18N2O2. The quantitative estimate of drug-likeness (QED) is 0.791. The van der Waals surface area contributed by atoms with E-state index in [1.165, 1.54) is 0 Å². The topological polar surface area (TPSA) is 68.3 Å². The third kappa shape index (κ3) is 3.09. The lowest BCUT2D eigenvalue weighted by atomic mass is 10.2. The summed E-state index contributed by atoms with van der Waals surface area (Å²) in [5.41, 5.74) is 5.61. The third-order valence-electron chi connectivity index (χ3n) is 2.32. The van der Waals surface area contributed by atoms with Crippen LogP contribution in [0.25, 0.3) is 0 Å². The number of furan rings is 1. The van der Waals surface area contributed by atoms with Gasteiger partial charge in [-0.2, -0.15) is 0 Å². The predicted molar refractivity (Wildman–Crippen MR) is 58.3 cm³/mol. The molecule has 1 heterocycles. The van der Waals surface area contributed by atoms with Gasteiger partial charge < -0.3 is 15.5 Å². The molecule has 3 N–H and O–H groups in total. The van der Waals surface area contributed by atoms with Crippen LogP contribution in [0.3, 0.4) is 0 Å². The third-order valence-corrected chi connectivity index (χ3v) is 2.32. The summed E-state index contributed by atoms with van der Waals surface area (Å²) >= 11 is 0. The molecule has 0 saturated heterocycles. The fraction of sp³-hybridized carbons (Fsp3) is 0.545. The molecule has 84 valence electrons. The van der Waals surface area contributed by atoms with Crippen LogP contribution in [0.1, 0.15) is 37.8 Å². The van der Waals surface area contributed by atoms with E-state index >= 15 is 0 Å². The first-order valence-corrected chi connectivity index (χ1v) is 5.17. The minimum absolute atomic E-state index is 0.135. The summed E-state index contributed by atoms with van der Waals surface area (Å²) in [6.45, 7) is 5.63. The van der Waals surface area contributed by atoms with Crippen molar-refractivity contribution in [3.8, 4) is 0 Å². The van der Waals surface area contributed by atoms with E-state index in [1.54, 1.807) is 0 Å². The molecule has 4 nitrogen and oxygen atoms in total. The van der Waals surface area contributed by atoms with E-state index in [-0.39, 0.29) is 11.9 Å². The van der Waals surface area contributed by atoms with Crippen molar-refractivity contribution in [2.24, 2.45) is 5.73 Å². The Morgan fingerprint density at radius 1 is 1.60 bits per heavy atom. The highest BCUT2D eigenvalue weighted by molar-refractivity contribution is 5.81. The molecule has 2 atom stereocenters. The Hall–Kier alpha value is -1.29. The second-order valence-corrected chi connectivity index (χ2v) is 3.69. The molecule has 0 radical (unpaired) electrons. The van der Waals surface area contributed by atoms with E-state index in [4.69, 9.17) is 10.2 Å². The minimum Gasteiger partial charge on any atom is -0.464 e. The van der Waals surface area contributed by atoms with Gasteiger partial charge in [-0.05, 0) is 32.4 Å². The van der Waals surface area contributed by atoms with E-state index < -0.39 is 6.04 Å². The smallest absolute Gasteiger partial charge is 0.237 e. The average Bonchev–Trinajstić information content (AvgIpc) is 2.63. The first-order valence-electron chi connectivity index (χ1n) is 5.17. The zero-order valence-corrected chi connectivity index (χ0v) is 9.41. The number of aryl methyl sites for hydroxylation is 1. The van der Waals surface area contributed by atoms with E-state index in [9.17, 15) is 4.79 Å². The maximum Gasteiger partial charge on any atom is 0.237 e. The highest BCUT2D eigenvalue weighted by Crippen LogP contribution is 2.15. The van der Waals surface area contributed by atoms with Gasteiger partial charge in [-0.15, -0.1) is 0 Å². The summed E-state index contributed by atoms with van der Waals surface area (Å²) < 4.78 is 5.40. The lowest BCUT2D eigenvalue weighted by molar-refractivity contribution is -0.123. The number of hydrogen-bond acceptors (Lipinski definition) is 3. The maximum atomic E-state index is 11.5. The highest BCUT2D eigenvalue weighted by atomic mass is 16.3. The van der Waals surface area contributed by atoms with Crippen molar-refractivity contribution >= 4 is 5.91 Å².